The largest absolute Gasteiger partial charge is 0.452 e. The first-order valence-corrected chi connectivity index (χ1v) is 8.24. The summed E-state index contributed by atoms with van der Waals surface area (Å²) < 4.78 is 5.03. The van der Waals surface area contributed by atoms with E-state index in [9.17, 15) is 14.4 Å². The number of amides is 2. The third-order valence-corrected chi connectivity index (χ3v) is 4.52. The Balaban J connectivity index is 2.16. The summed E-state index contributed by atoms with van der Waals surface area (Å²) in [5.41, 5.74) is 7.04. The molecule has 0 unspecified atom stereocenters. The highest BCUT2D eigenvalue weighted by atomic mass is 16.5. The molecule has 0 bridgehead atoms. The maximum atomic E-state index is 12.4. The van der Waals surface area contributed by atoms with Crippen molar-refractivity contribution in [2.24, 2.45) is 11.7 Å². The molecule has 0 radical (unpaired) electrons. The quantitative estimate of drug-likeness (QED) is 0.807. The average Bonchev–Trinajstić information content (AvgIpc) is 2.95. The molecule has 1 aliphatic heterocycles. The minimum atomic E-state index is -0.992. The van der Waals surface area contributed by atoms with Gasteiger partial charge < -0.3 is 15.4 Å². The lowest BCUT2D eigenvalue weighted by molar-refractivity contribution is -0.157. The Labute approximate surface area is 142 Å². The van der Waals surface area contributed by atoms with Crippen LogP contribution in [0.1, 0.15) is 45.1 Å². The van der Waals surface area contributed by atoms with Gasteiger partial charge in [-0.3, -0.25) is 14.4 Å². The number of ether oxygens (including phenoxy) is 1. The van der Waals surface area contributed by atoms with E-state index in [-0.39, 0.29) is 18.9 Å². The normalized spacial score (nSPS) is 19.9. The molecule has 1 heterocycles. The number of hydrogen-bond donors (Lipinski definition) is 1. The zero-order valence-corrected chi connectivity index (χ0v) is 14.3. The second-order valence-corrected chi connectivity index (χ2v) is 6.25. The predicted molar refractivity (Wildman–Crippen MR) is 90.4 cm³/mol. The van der Waals surface area contributed by atoms with Crippen LogP contribution in [-0.4, -0.2) is 30.4 Å². The summed E-state index contributed by atoms with van der Waals surface area (Å²) in [6, 6.07) is 7.75. The van der Waals surface area contributed by atoms with Gasteiger partial charge in [0.05, 0.1) is 5.92 Å². The number of hydrogen-bond acceptors (Lipinski definition) is 4. The highest BCUT2D eigenvalue weighted by molar-refractivity contribution is 6.00. The van der Waals surface area contributed by atoms with Crippen molar-refractivity contribution < 1.29 is 19.1 Å². The molecule has 130 valence electrons. The third-order valence-electron chi connectivity index (χ3n) is 4.52. The van der Waals surface area contributed by atoms with Crippen molar-refractivity contribution in [3.8, 4) is 0 Å². The van der Waals surface area contributed by atoms with Crippen molar-refractivity contribution >= 4 is 23.5 Å². The summed E-state index contributed by atoms with van der Waals surface area (Å²) in [6.45, 7) is 5.89. The molecule has 0 saturated carbocycles. The van der Waals surface area contributed by atoms with Gasteiger partial charge in [-0.05, 0) is 30.9 Å². The van der Waals surface area contributed by atoms with E-state index in [0.29, 0.717) is 5.92 Å². The van der Waals surface area contributed by atoms with Crippen LogP contribution < -0.4 is 10.6 Å². The number of para-hydroxylation sites is 1. The van der Waals surface area contributed by atoms with Crippen LogP contribution in [0.15, 0.2) is 24.3 Å². The minimum Gasteiger partial charge on any atom is -0.452 e. The summed E-state index contributed by atoms with van der Waals surface area (Å²) in [5, 5.41) is 0. The lowest BCUT2D eigenvalue weighted by Crippen LogP contribution is -2.33. The van der Waals surface area contributed by atoms with Gasteiger partial charge >= 0.3 is 5.97 Å². The summed E-state index contributed by atoms with van der Waals surface area (Å²) in [5.74, 6) is -1.64. The molecule has 1 aliphatic rings. The summed E-state index contributed by atoms with van der Waals surface area (Å²) >= 11 is 0. The first-order valence-electron chi connectivity index (χ1n) is 8.24. The van der Waals surface area contributed by atoms with E-state index in [1.165, 1.54) is 6.92 Å². The Bertz CT molecular complexity index is 644. The molecular weight excluding hydrogens is 308 g/mol. The molecule has 0 aliphatic carbocycles. The number of nitrogens with zero attached hydrogens (tertiary/aromatic N) is 1. The van der Waals surface area contributed by atoms with Crippen LogP contribution in [-0.2, 0) is 19.1 Å². The molecule has 0 spiro atoms. The Morgan fingerprint density at radius 3 is 2.62 bits per heavy atom. The van der Waals surface area contributed by atoms with Gasteiger partial charge in [0, 0.05) is 18.7 Å². The predicted octanol–water partition coefficient (Wildman–Crippen LogP) is 1.97. The fourth-order valence-electron chi connectivity index (χ4n) is 2.80. The molecule has 6 heteroatoms. The number of esters is 1. The number of anilines is 1. The maximum Gasteiger partial charge on any atom is 0.312 e. The summed E-state index contributed by atoms with van der Waals surface area (Å²) in [7, 11) is 0. The number of nitrogens with two attached hydrogens (primary N) is 1. The third kappa shape index (κ3) is 3.75. The monoisotopic (exact) mass is 332 g/mol. The van der Waals surface area contributed by atoms with Crippen LogP contribution >= 0.6 is 0 Å². The van der Waals surface area contributed by atoms with E-state index < -0.39 is 23.9 Å². The number of benzene rings is 1. The molecule has 2 amide bonds. The lowest BCUT2D eigenvalue weighted by atomic mass is 9.96. The van der Waals surface area contributed by atoms with Crippen LogP contribution in [0.25, 0.3) is 0 Å². The number of primary amides is 1. The Morgan fingerprint density at radius 2 is 2.00 bits per heavy atom. The molecule has 2 rings (SSSR count). The van der Waals surface area contributed by atoms with Gasteiger partial charge in [0.15, 0.2) is 6.10 Å². The van der Waals surface area contributed by atoms with Gasteiger partial charge in [0.1, 0.15) is 0 Å². The Hall–Kier alpha value is -2.37. The van der Waals surface area contributed by atoms with Gasteiger partial charge in [-0.1, -0.05) is 32.0 Å². The van der Waals surface area contributed by atoms with E-state index >= 15 is 0 Å². The summed E-state index contributed by atoms with van der Waals surface area (Å²) in [4.78, 5) is 37.2. The highest BCUT2D eigenvalue weighted by Crippen LogP contribution is 2.33. The number of rotatable bonds is 6. The Morgan fingerprint density at radius 1 is 1.33 bits per heavy atom. The van der Waals surface area contributed by atoms with Gasteiger partial charge in [0.25, 0.3) is 5.91 Å². The van der Waals surface area contributed by atoms with Crippen molar-refractivity contribution in [3.63, 3.8) is 0 Å². The van der Waals surface area contributed by atoms with Gasteiger partial charge in [-0.2, -0.15) is 0 Å². The first-order chi connectivity index (χ1) is 11.3. The van der Waals surface area contributed by atoms with Crippen molar-refractivity contribution in [3.05, 3.63) is 29.8 Å². The highest BCUT2D eigenvalue weighted by Gasteiger charge is 2.38. The van der Waals surface area contributed by atoms with E-state index in [1.54, 1.807) is 4.90 Å². The molecule has 1 saturated heterocycles. The van der Waals surface area contributed by atoms with E-state index in [4.69, 9.17) is 10.5 Å². The molecule has 1 aromatic carbocycles. The van der Waals surface area contributed by atoms with Crippen LogP contribution in [0.2, 0.25) is 0 Å². The maximum absolute atomic E-state index is 12.4. The van der Waals surface area contributed by atoms with Crippen molar-refractivity contribution in [2.75, 3.05) is 11.4 Å². The van der Waals surface area contributed by atoms with E-state index in [2.05, 4.69) is 13.8 Å². The van der Waals surface area contributed by atoms with Gasteiger partial charge in [-0.25, -0.2) is 0 Å². The van der Waals surface area contributed by atoms with Crippen molar-refractivity contribution in [1.29, 1.82) is 0 Å². The number of carbonyl (C=O) groups is 3. The second-order valence-electron chi connectivity index (χ2n) is 6.25. The smallest absolute Gasteiger partial charge is 0.312 e. The average molecular weight is 332 g/mol. The second kappa shape index (κ2) is 7.47. The van der Waals surface area contributed by atoms with Gasteiger partial charge in [0.2, 0.25) is 5.91 Å². The van der Waals surface area contributed by atoms with Crippen LogP contribution in [0.4, 0.5) is 5.69 Å². The topological polar surface area (TPSA) is 89.7 Å². The van der Waals surface area contributed by atoms with E-state index in [0.717, 1.165) is 17.7 Å². The Kier molecular flexibility index (Phi) is 5.59. The number of carbonyl (C=O) groups excluding carboxylic acids is 3. The first kappa shape index (κ1) is 18.0. The van der Waals surface area contributed by atoms with Crippen LogP contribution in [0.3, 0.4) is 0 Å². The van der Waals surface area contributed by atoms with E-state index in [1.807, 2.05) is 24.3 Å². The zero-order chi connectivity index (χ0) is 17.9. The molecule has 6 nitrogen and oxygen atoms in total. The van der Waals surface area contributed by atoms with Crippen molar-refractivity contribution in [1.82, 2.24) is 0 Å². The lowest BCUT2D eigenvalue weighted by Gasteiger charge is -2.23. The SMILES string of the molecule is CC[C@H](C)c1ccccc1N1C[C@H](C(=O)O[C@@H](C)C(N)=O)CC1=O. The molecule has 1 fully saturated rings. The van der Waals surface area contributed by atoms with Crippen LogP contribution in [0, 0.1) is 5.92 Å². The van der Waals surface area contributed by atoms with Gasteiger partial charge in [-0.15, -0.1) is 0 Å². The fourth-order valence-corrected chi connectivity index (χ4v) is 2.80. The summed E-state index contributed by atoms with van der Waals surface area (Å²) in [6.07, 6.45) is 0.0498. The zero-order valence-electron chi connectivity index (χ0n) is 14.3. The standard InChI is InChI=1S/C18H24N2O4/c1-4-11(2)14-7-5-6-8-15(14)20-10-13(9-16(20)21)18(23)24-12(3)17(19)22/h5-8,11-13H,4,9-10H2,1-3H3,(H2,19,22)/t11-,12-,13+/m0/s1. The molecular formula is C18H24N2O4. The van der Waals surface area contributed by atoms with Crippen LogP contribution in [0.5, 0.6) is 0 Å². The van der Waals surface area contributed by atoms with Crippen molar-refractivity contribution in [2.45, 2.75) is 45.6 Å². The fraction of sp³-hybridized carbons (Fsp3) is 0.500. The minimum absolute atomic E-state index is 0.0825. The molecule has 24 heavy (non-hydrogen) atoms. The molecule has 3 atom stereocenters. The molecule has 1 aromatic rings. The molecule has 0 aromatic heterocycles. The molecule has 2 N–H and O–H groups in total.